The summed E-state index contributed by atoms with van der Waals surface area (Å²) in [5, 5.41) is 8.75. The summed E-state index contributed by atoms with van der Waals surface area (Å²) in [7, 11) is 0. The van der Waals surface area contributed by atoms with Gasteiger partial charge in [-0.1, -0.05) is 29.9 Å². The normalized spacial score (nSPS) is 10.8. The van der Waals surface area contributed by atoms with E-state index in [2.05, 4.69) is 22.2 Å². The maximum absolute atomic E-state index is 11.0. The predicted octanol–water partition coefficient (Wildman–Crippen LogP) is 2.50. The van der Waals surface area contributed by atoms with Gasteiger partial charge in [0.25, 0.3) is 0 Å². The van der Waals surface area contributed by atoms with Crippen LogP contribution in [0.15, 0.2) is 0 Å². The van der Waals surface area contributed by atoms with Crippen molar-refractivity contribution in [3.05, 3.63) is 22.0 Å². The summed E-state index contributed by atoms with van der Waals surface area (Å²) in [5.74, 6) is 0. The first-order valence-corrected chi connectivity index (χ1v) is 6.83. The molecular formula is C12H16N4OS. The summed E-state index contributed by atoms with van der Waals surface area (Å²) in [6.07, 6.45) is 3.65. The van der Waals surface area contributed by atoms with Crippen LogP contribution in [-0.2, 0) is 6.42 Å². The van der Waals surface area contributed by atoms with Crippen LogP contribution in [0.25, 0.3) is 5.13 Å². The third-order valence-electron chi connectivity index (χ3n) is 2.87. The Bertz CT molecular complexity index is 539. The first kappa shape index (κ1) is 12.9. The molecule has 0 N–H and O–H groups in total. The van der Waals surface area contributed by atoms with E-state index in [1.165, 1.54) is 0 Å². The Balaban J connectivity index is 2.43. The molecule has 0 spiro atoms. The number of carbonyl (C=O) groups excluding carboxylic acids is 1. The van der Waals surface area contributed by atoms with Gasteiger partial charge in [-0.05, 0) is 26.7 Å². The Morgan fingerprint density at radius 1 is 1.39 bits per heavy atom. The number of thiazole rings is 1. The number of hydrogen-bond acceptors (Lipinski definition) is 5. The van der Waals surface area contributed by atoms with E-state index in [9.17, 15) is 4.79 Å². The lowest BCUT2D eigenvalue weighted by Gasteiger charge is -2.02. The van der Waals surface area contributed by atoms with Crippen molar-refractivity contribution in [3.8, 4) is 5.13 Å². The molecule has 0 aliphatic carbocycles. The minimum absolute atomic E-state index is 0.425. The summed E-state index contributed by atoms with van der Waals surface area (Å²) in [6, 6.07) is 0. The van der Waals surface area contributed by atoms with Gasteiger partial charge in [-0.2, -0.15) is 4.68 Å². The number of hydrogen-bond donors (Lipinski definition) is 0. The van der Waals surface area contributed by atoms with Crippen molar-refractivity contribution in [2.45, 2.75) is 40.0 Å². The zero-order valence-corrected chi connectivity index (χ0v) is 11.6. The fourth-order valence-corrected chi connectivity index (χ4v) is 2.57. The Kier molecular flexibility index (Phi) is 3.86. The van der Waals surface area contributed by atoms with E-state index in [1.807, 2.05) is 13.8 Å². The summed E-state index contributed by atoms with van der Waals surface area (Å²) in [6.45, 7) is 6.12. The van der Waals surface area contributed by atoms with E-state index in [1.54, 1.807) is 16.0 Å². The third kappa shape index (κ3) is 2.33. The lowest BCUT2D eigenvalue weighted by Crippen LogP contribution is -2.03. The van der Waals surface area contributed by atoms with Gasteiger partial charge in [0.05, 0.1) is 11.4 Å². The topological polar surface area (TPSA) is 60.7 Å². The van der Waals surface area contributed by atoms with E-state index in [4.69, 9.17) is 0 Å². The van der Waals surface area contributed by atoms with Gasteiger partial charge in [-0.25, -0.2) is 4.98 Å². The molecule has 5 nitrogen and oxygen atoms in total. The van der Waals surface area contributed by atoms with Crippen molar-refractivity contribution in [1.82, 2.24) is 20.0 Å². The molecule has 0 unspecified atom stereocenters. The first-order chi connectivity index (χ1) is 8.67. The number of aromatic nitrogens is 4. The number of nitrogens with zero attached hydrogens (tertiary/aromatic N) is 4. The smallest absolute Gasteiger partial charge is 0.212 e. The summed E-state index contributed by atoms with van der Waals surface area (Å²) in [4.78, 5) is 16.6. The molecule has 96 valence electrons. The van der Waals surface area contributed by atoms with Crippen LogP contribution < -0.4 is 0 Å². The molecule has 0 atom stereocenters. The molecule has 2 rings (SSSR count). The standard InChI is InChI=1S/C12H16N4OS/c1-4-5-6-11-10(7-17)14-15-16(11)12-13-8(2)9(3)18-12/h7H,4-6H2,1-3H3. The van der Waals surface area contributed by atoms with Gasteiger partial charge in [0.1, 0.15) is 5.69 Å². The van der Waals surface area contributed by atoms with E-state index in [0.717, 1.165) is 46.9 Å². The van der Waals surface area contributed by atoms with Crippen molar-refractivity contribution in [1.29, 1.82) is 0 Å². The third-order valence-corrected chi connectivity index (χ3v) is 3.92. The average Bonchev–Trinajstić information content (AvgIpc) is 2.90. The lowest BCUT2D eigenvalue weighted by atomic mass is 10.2. The van der Waals surface area contributed by atoms with E-state index in [0.29, 0.717) is 5.69 Å². The largest absolute Gasteiger partial charge is 0.296 e. The van der Waals surface area contributed by atoms with Gasteiger partial charge < -0.3 is 0 Å². The van der Waals surface area contributed by atoms with Crippen LogP contribution in [0.3, 0.4) is 0 Å². The number of unbranched alkanes of at least 4 members (excludes halogenated alkanes) is 1. The van der Waals surface area contributed by atoms with E-state index < -0.39 is 0 Å². The second kappa shape index (κ2) is 5.39. The SMILES string of the molecule is CCCCc1c(C=O)nnn1-c1nc(C)c(C)s1. The van der Waals surface area contributed by atoms with Gasteiger partial charge in [0.15, 0.2) is 6.29 Å². The molecule has 0 aromatic carbocycles. The Hall–Kier alpha value is -1.56. The number of aldehydes is 1. The lowest BCUT2D eigenvalue weighted by molar-refractivity contribution is 0.111. The molecule has 0 radical (unpaired) electrons. The molecule has 0 amide bonds. The van der Waals surface area contributed by atoms with Crippen molar-refractivity contribution in [2.24, 2.45) is 0 Å². The second-order valence-corrected chi connectivity index (χ2v) is 5.37. The summed E-state index contributed by atoms with van der Waals surface area (Å²) < 4.78 is 1.70. The molecule has 2 aromatic rings. The van der Waals surface area contributed by atoms with E-state index in [-0.39, 0.29) is 0 Å². The van der Waals surface area contributed by atoms with Gasteiger partial charge in [-0.15, -0.1) is 5.10 Å². The molecule has 0 saturated heterocycles. The molecule has 0 aliphatic rings. The molecule has 0 aliphatic heterocycles. The highest BCUT2D eigenvalue weighted by Crippen LogP contribution is 2.22. The van der Waals surface area contributed by atoms with Crippen LogP contribution in [-0.4, -0.2) is 26.3 Å². The highest BCUT2D eigenvalue weighted by molar-refractivity contribution is 7.14. The molecule has 0 bridgehead atoms. The minimum Gasteiger partial charge on any atom is -0.296 e. The van der Waals surface area contributed by atoms with Crippen molar-refractivity contribution < 1.29 is 4.79 Å². The van der Waals surface area contributed by atoms with Crippen LogP contribution in [0.5, 0.6) is 0 Å². The summed E-state index contributed by atoms with van der Waals surface area (Å²) >= 11 is 1.57. The number of carbonyl (C=O) groups is 1. The highest BCUT2D eigenvalue weighted by Gasteiger charge is 2.16. The minimum atomic E-state index is 0.425. The maximum Gasteiger partial charge on any atom is 0.212 e. The Labute approximate surface area is 110 Å². The number of rotatable bonds is 5. The number of aryl methyl sites for hydroxylation is 2. The average molecular weight is 264 g/mol. The maximum atomic E-state index is 11.0. The predicted molar refractivity (Wildman–Crippen MR) is 70.5 cm³/mol. The molecule has 6 heteroatoms. The molecular weight excluding hydrogens is 248 g/mol. The van der Waals surface area contributed by atoms with Gasteiger partial charge in [-0.3, -0.25) is 4.79 Å². The quantitative estimate of drug-likeness (QED) is 0.778. The van der Waals surface area contributed by atoms with Crippen LogP contribution >= 0.6 is 11.3 Å². The van der Waals surface area contributed by atoms with Crippen LogP contribution in [0.4, 0.5) is 0 Å². The Morgan fingerprint density at radius 2 is 2.17 bits per heavy atom. The second-order valence-electron chi connectivity index (χ2n) is 4.19. The highest BCUT2D eigenvalue weighted by atomic mass is 32.1. The fraction of sp³-hybridized carbons (Fsp3) is 0.500. The van der Waals surface area contributed by atoms with Gasteiger partial charge >= 0.3 is 0 Å². The van der Waals surface area contributed by atoms with Crippen LogP contribution in [0.2, 0.25) is 0 Å². The molecule has 18 heavy (non-hydrogen) atoms. The van der Waals surface area contributed by atoms with Crippen LogP contribution in [0.1, 0.15) is 46.5 Å². The summed E-state index contributed by atoms with van der Waals surface area (Å²) in [5.41, 5.74) is 2.29. The Morgan fingerprint density at radius 3 is 2.72 bits per heavy atom. The zero-order valence-electron chi connectivity index (χ0n) is 10.8. The monoisotopic (exact) mass is 264 g/mol. The van der Waals surface area contributed by atoms with Crippen molar-refractivity contribution in [3.63, 3.8) is 0 Å². The van der Waals surface area contributed by atoms with E-state index >= 15 is 0 Å². The van der Waals surface area contributed by atoms with Crippen molar-refractivity contribution in [2.75, 3.05) is 0 Å². The van der Waals surface area contributed by atoms with Crippen molar-refractivity contribution >= 4 is 17.6 Å². The first-order valence-electron chi connectivity index (χ1n) is 6.01. The zero-order chi connectivity index (χ0) is 13.1. The van der Waals surface area contributed by atoms with Crippen LogP contribution in [0, 0.1) is 13.8 Å². The van der Waals surface area contributed by atoms with Gasteiger partial charge in [0, 0.05) is 4.88 Å². The molecule has 0 fully saturated rings. The van der Waals surface area contributed by atoms with Gasteiger partial charge in [0.2, 0.25) is 5.13 Å². The fourth-order valence-electron chi connectivity index (χ4n) is 1.68. The molecule has 0 saturated carbocycles. The molecule has 2 aromatic heterocycles. The molecule has 2 heterocycles.